The molecule has 4 heterocycles. The van der Waals surface area contributed by atoms with Gasteiger partial charge < -0.3 is 19.9 Å². The first-order chi connectivity index (χ1) is 18.4. The molecule has 0 radical (unpaired) electrons. The molecule has 1 aromatic carbocycles. The van der Waals surface area contributed by atoms with Crippen molar-refractivity contribution < 1.29 is 28.2 Å². The van der Waals surface area contributed by atoms with Crippen molar-refractivity contribution in [1.82, 2.24) is 9.88 Å². The third-order valence-electron chi connectivity index (χ3n) is 7.81. The maximum atomic E-state index is 13.6. The van der Waals surface area contributed by atoms with Gasteiger partial charge in [-0.2, -0.15) is 0 Å². The van der Waals surface area contributed by atoms with Crippen molar-refractivity contribution in [3.63, 3.8) is 0 Å². The van der Waals surface area contributed by atoms with Gasteiger partial charge in [0.2, 0.25) is 0 Å². The smallest absolute Gasteiger partial charge is 0.325 e. The highest BCUT2D eigenvalue weighted by molar-refractivity contribution is 5.76. The number of aromatic nitrogens is 1. The van der Waals surface area contributed by atoms with Crippen LogP contribution in [0.25, 0.3) is 0 Å². The quantitative estimate of drug-likeness (QED) is 0.411. The summed E-state index contributed by atoms with van der Waals surface area (Å²) in [5.41, 5.74) is 3.69. The molecule has 2 fully saturated rings. The van der Waals surface area contributed by atoms with E-state index >= 15 is 0 Å². The molecule has 2 saturated heterocycles. The van der Waals surface area contributed by atoms with Crippen LogP contribution < -0.4 is 5.32 Å². The standard InChI is InChI=1S/C29H37F2N3O4/c30-29(31)14-12-25(38-19-29)23-8-1-2-9-24(23)26(28(35)36)34-16-13-22(18-34)37-17-4-3-7-21-11-10-20-6-5-15-32-27(20)33-21/h1-2,8-11,22,25-26H,3-7,12-19H2,(H,32,33)(H,35,36)/t22-,25-,26-/m1/s1. The zero-order valence-electron chi connectivity index (χ0n) is 21.7. The number of alkyl halides is 2. The van der Waals surface area contributed by atoms with Gasteiger partial charge in [0.05, 0.1) is 12.2 Å². The highest BCUT2D eigenvalue weighted by atomic mass is 19.3. The third-order valence-corrected chi connectivity index (χ3v) is 7.81. The lowest BCUT2D eigenvalue weighted by Gasteiger charge is -2.32. The number of carbonyl (C=O) groups is 1. The number of anilines is 1. The zero-order valence-corrected chi connectivity index (χ0v) is 21.7. The molecule has 0 unspecified atom stereocenters. The molecule has 1 aromatic heterocycles. The van der Waals surface area contributed by atoms with Crippen LogP contribution in [0, 0.1) is 0 Å². The minimum atomic E-state index is -2.83. The lowest BCUT2D eigenvalue weighted by Crippen LogP contribution is -2.35. The molecule has 3 aliphatic rings. The van der Waals surface area contributed by atoms with E-state index in [1.807, 2.05) is 4.90 Å². The minimum absolute atomic E-state index is 0.0281. The van der Waals surface area contributed by atoms with Crippen LogP contribution in [-0.4, -0.2) is 65.8 Å². The normalized spacial score (nSPS) is 23.9. The van der Waals surface area contributed by atoms with E-state index in [4.69, 9.17) is 14.5 Å². The van der Waals surface area contributed by atoms with Crippen LogP contribution in [0.5, 0.6) is 0 Å². The number of pyridine rings is 1. The van der Waals surface area contributed by atoms with Gasteiger partial charge in [-0.1, -0.05) is 30.3 Å². The van der Waals surface area contributed by atoms with Crippen LogP contribution in [0.3, 0.4) is 0 Å². The fraction of sp³-hybridized carbons (Fsp3) is 0.586. The van der Waals surface area contributed by atoms with Crippen molar-refractivity contribution in [1.29, 1.82) is 0 Å². The van der Waals surface area contributed by atoms with Crippen LogP contribution in [0.15, 0.2) is 36.4 Å². The summed E-state index contributed by atoms with van der Waals surface area (Å²) in [7, 11) is 0. The Kier molecular flexibility index (Phi) is 8.55. The molecule has 3 atom stereocenters. The van der Waals surface area contributed by atoms with Crippen molar-refractivity contribution in [2.45, 2.75) is 75.5 Å². The zero-order chi connectivity index (χ0) is 26.5. The molecule has 0 amide bonds. The first-order valence-electron chi connectivity index (χ1n) is 13.8. The van der Waals surface area contributed by atoms with Gasteiger partial charge in [0.15, 0.2) is 0 Å². The number of aliphatic carboxylic acids is 1. The van der Waals surface area contributed by atoms with Crippen LogP contribution in [0.4, 0.5) is 14.6 Å². The van der Waals surface area contributed by atoms with Crippen molar-refractivity contribution in [2.75, 3.05) is 38.2 Å². The van der Waals surface area contributed by atoms with Crippen LogP contribution in [0.2, 0.25) is 0 Å². The van der Waals surface area contributed by atoms with Gasteiger partial charge in [0, 0.05) is 38.4 Å². The number of ether oxygens (including phenoxy) is 2. The van der Waals surface area contributed by atoms with Crippen molar-refractivity contribution in [2.24, 2.45) is 0 Å². The van der Waals surface area contributed by atoms with Crippen molar-refractivity contribution in [3.8, 4) is 0 Å². The van der Waals surface area contributed by atoms with E-state index < -0.39 is 30.6 Å². The highest BCUT2D eigenvalue weighted by Gasteiger charge is 2.40. The highest BCUT2D eigenvalue weighted by Crippen LogP contribution is 2.39. The van der Waals surface area contributed by atoms with Gasteiger partial charge in [0.1, 0.15) is 18.5 Å². The van der Waals surface area contributed by atoms with E-state index in [1.54, 1.807) is 24.3 Å². The number of carboxylic acid groups (broad SMARTS) is 1. The van der Waals surface area contributed by atoms with E-state index in [-0.39, 0.29) is 18.9 Å². The summed E-state index contributed by atoms with van der Waals surface area (Å²) in [5, 5.41) is 13.5. The Morgan fingerprint density at radius 1 is 1.24 bits per heavy atom. The maximum absolute atomic E-state index is 13.6. The number of aryl methyl sites for hydroxylation is 2. The summed E-state index contributed by atoms with van der Waals surface area (Å²) in [6.07, 6.45) is 5.15. The fourth-order valence-corrected chi connectivity index (χ4v) is 5.80. The van der Waals surface area contributed by atoms with E-state index in [9.17, 15) is 18.7 Å². The molecule has 0 saturated carbocycles. The number of likely N-dealkylation sites (tertiary alicyclic amines) is 1. The van der Waals surface area contributed by atoms with Gasteiger partial charge in [-0.25, -0.2) is 13.8 Å². The van der Waals surface area contributed by atoms with Crippen LogP contribution in [0.1, 0.15) is 73.1 Å². The Labute approximate surface area is 222 Å². The summed E-state index contributed by atoms with van der Waals surface area (Å²) < 4.78 is 38.8. The average molecular weight is 530 g/mol. The Balaban J connectivity index is 1.12. The summed E-state index contributed by atoms with van der Waals surface area (Å²) >= 11 is 0. The molecule has 9 heteroatoms. The molecule has 2 N–H and O–H groups in total. The van der Waals surface area contributed by atoms with Crippen LogP contribution >= 0.6 is 0 Å². The number of hydrogen-bond donors (Lipinski definition) is 2. The second-order valence-corrected chi connectivity index (χ2v) is 10.6. The lowest BCUT2D eigenvalue weighted by molar-refractivity contribution is -0.147. The number of fused-ring (bicyclic) bond motifs is 1. The predicted octanol–water partition coefficient (Wildman–Crippen LogP) is 5.17. The largest absolute Gasteiger partial charge is 0.480 e. The molecule has 38 heavy (non-hydrogen) atoms. The van der Waals surface area contributed by atoms with Gasteiger partial charge >= 0.3 is 5.97 Å². The Hall–Kier alpha value is -2.62. The number of rotatable bonds is 10. The minimum Gasteiger partial charge on any atom is -0.480 e. The molecule has 2 aromatic rings. The van der Waals surface area contributed by atoms with Gasteiger partial charge in [-0.15, -0.1) is 0 Å². The molecular weight excluding hydrogens is 492 g/mol. The third kappa shape index (κ3) is 6.50. The number of nitrogens with zero attached hydrogens (tertiary/aromatic N) is 2. The Morgan fingerprint density at radius 2 is 2.11 bits per heavy atom. The first kappa shape index (κ1) is 27.0. The van der Waals surface area contributed by atoms with Crippen LogP contribution in [-0.2, 0) is 27.1 Å². The average Bonchev–Trinajstić information content (AvgIpc) is 3.37. The van der Waals surface area contributed by atoms with E-state index in [2.05, 4.69) is 17.4 Å². The number of hydrogen-bond acceptors (Lipinski definition) is 6. The molecule has 3 aliphatic heterocycles. The number of unbranched alkanes of at least 4 members (excludes halogenated alkanes) is 1. The molecule has 0 aliphatic carbocycles. The summed E-state index contributed by atoms with van der Waals surface area (Å²) in [5.74, 6) is -2.75. The molecule has 0 spiro atoms. The Morgan fingerprint density at radius 3 is 2.92 bits per heavy atom. The van der Waals surface area contributed by atoms with E-state index in [1.165, 1.54) is 5.56 Å². The maximum Gasteiger partial charge on any atom is 0.325 e. The molecule has 7 nitrogen and oxygen atoms in total. The molecule has 0 bridgehead atoms. The molecule has 206 valence electrons. The van der Waals surface area contributed by atoms with Crippen molar-refractivity contribution in [3.05, 3.63) is 58.8 Å². The second kappa shape index (κ2) is 12.1. The lowest BCUT2D eigenvalue weighted by atomic mass is 9.91. The van der Waals surface area contributed by atoms with Gasteiger partial charge in [-0.3, -0.25) is 9.69 Å². The monoisotopic (exact) mass is 529 g/mol. The van der Waals surface area contributed by atoms with Gasteiger partial charge in [-0.05, 0) is 67.7 Å². The second-order valence-electron chi connectivity index (χ2n) is 10.6. The Bertz CT molecular complexity index is 1100. The SMILES string of the molecule is O=C(O)[C@@H](c1ccccc1[C@H]1CCC(F)(F)CO1)N1CC[C@@H](OCCCCc2ccc3c(n2)NCCC3)C1. The van der Waals surface area contributed by atoms with E-state index in [0.29, 0.717) is 30.8 Å². The predicted molar refractivity (Wildman–Crippen MR) is 140 cm³/mol. The number of carboxylic acids is 1. The number of benzene rings is 1. The first-order valence-corrected chi connectivity index (χ1v) is 13.8. The molecular formula is C29H37F2N3O4. The number of halogens is 2. The summed E-state index contributed by atoms with van der Waals surface area (Å²) in [6, 6.07) is 10.6. The van der Waals surface area contributed by atoms with Crippen molar-refractivity contribution >= 4 is 11.8 Å². The number of nitrogens with one attached hydrogen (secondary N) is 1. The van der Waals surface area contributed by atoms with Gasteiger partial charge in [0.25, 0.3) is 5.92 Å². The van der Waals surface area contributed by atoms with E-state index in [0.717, 1.165) is 56.6 Å². The summed E-state index contributed by atoms with van der Waals surface area (Å²) in [6.45, 7) is 2.10. The summed E-state index contributed by atoms with van der Waals surface area (Å²) in [4.78, 5) is 19.1. The fourth-order valence-electron chi connectivity index (χ4n) is 5.80. The molecule has 5 rings (SSSR count). The topological polar surface area (TPSA) is 83.9 Å².